The highest BCUT2D eigenvalue weighted by atomic mass is 32.2. The number of likely N-dealkylation sites (N-methyl/N-ethyl adjacent to an activating group) is 1. The maximum Gasteiger partial charge on any atom is 0.353 e. The number of hydrogen-bond donors (Lipinski definition) is 4. The number of amides is 3. The number of phenols is 2. The first kappa shape index (κ1) is 25.8. The summed E-state index contributed by atoms with van der Waals surface area (Å²) < 4.78 is 0. The third-order valence-corrected chi connectivity index (χ3v) is 8.57. The SMILES string of the molecule is C[C@@H](O)[C@H]1C(=O)N2C(C(=O)O)=C(S[C@H]3C[C@@H](C(=O)N(C)C)N(C(=O)c4ccc(O)c(O)c4)C3)[C@H](C)[C@H]12. The van der Waals surface area contributed by atoms with Crippen molar-refractivity contribution in [2.45, 2.75) is 43.7 Å². The van der Waals surface area contributed by atoms with Gasteiger partial charge in [0.25, 0.3) is 5.91 Å². The van der Waals surface area contributed by atoms with Crippen LogP contribution in [0.15, 0.2) is 28.8 Å². The molecule has 11 nitrogen and oxygen atoms in total. The molecule has 36 heavy (non-hydrogen) atoms. The highest BCUT2D eigenvalue weighted by Gasteiger charge is 2.60. The van der Waals surface area contributed by atoms with Crippen LogP contribution in [0.1, 0.15) is 30.6 Å². The van der Waals surface area contributed by atoms with Gasteiger partial charge in [-0.25, -0.2) is 4.79 Å². The Labute approximate surface area is 212 Å². The van der Waals surface area contributed by atoms with Crippen molar-refractivity contribution in [3.63, 3.8) is 0 Å². The molecule has 12 heteroatoms. The number of aromatic hydroxyl groups is 2. The number of carboxylic acids is 1. The number of likely N-dealkylation sites (tertiary alicyclic amines) is 1. The zero-order chi connectivity index (χ0) is 26.6. The molecule has 2 saturated heterocycles. The number of carboxylic acid groups (broad SMARTS) is 1. The topological polar surface area (TPSA) is 159 Å². The summed E-state index contributed by atoms with van der Waals surface area (Å²) in [4.78, 5) is 55.5. The number of carbonyl (C=O) groups is 4. The van der Waals surface area contributed by atoms with Crippen LogP contribution in [0.25, 0.3) is 0 Å². The first-order valence-corrected chi connectivity index (χ1v) is 12.4. The van der Waals surface area contributed by atoms with E-state index in [1.54, 1.807) is 14.1 Å². The molecule has 6 atom stereocenters. The quantitative estimate of drug-likeness (QED) is 0.313. The Hall–Kier alpha value is -3.25. The van der Waals surface area contributed by atoms with E-state index in [0.29, 0.717) is 4.91 Å². The van der Waals surface area contributed by atoms with Crippen LogP contribution in [0.4, 0.5) is 0 Å². The summed E-state index contributed by atoms with van der Waals surface area (Å²) in [5, 5.41) is 39.0. The Kier molecular flexibility index (Phi) is 6.69. The van der Waals surface area contributed by atoms with Crippen LogP contribution in [0.2, 0.25) is 0 Å². The molecule has 4 rings (SSSR count). The first-order chi connectivity index (χ1) is 16.8. The van der Waals surface area contributed by atoms with Gasteiger partial charge in [-0.05, 0) is 31.5 Å². The number of nitrogens with zero attached hydrogens (tertiary/aromatic N) is 3. The Morgan fingerprint density at radius 1 is 1.17 bits per heavy atom. The number of β-lactam (4-membered cyclic amide) rings is 1. The van der Waals surface area contributed by atoms with Crippen molar-refractivity contribution >= 4 is 35.5 Å². The highest BCUT2D eigenvalue weighted by Crippen LogP contribution is 2.52. The molecular weight excluding hydrogens is 490 g/mol. The maximum atomic E-state index is 13.3. The van der Waals surface area contributed by atoms with Crippen molar-refractivity contribution in [1.29, 1.82) is 0 Å². The average molecular weight is 520 g/mol. The number of thioether (sulfide) groups is 1. The summed E-state index contributed by atoms with van der Waals surface area (Å²) in [5.41, 5.74) is -0.00942. The van der Waals surface area contributed by atoms with Gasteiger partial charge in [-0.3, -0.25) is 14.4 Å². The van der Waals surface area contributed by atoms with Crippen LogP contribution >= 0.6 is 11.8 Å². The standard InChI is InChI=1S/C24H29N3O8S/c1-10-18-17(11(2)28)23(33)27(18)19(24(34)35)20(10)36-13-8-14(22(32)25(3)4)26(9-13)21(31)12-5-6-15(29)16(30)7-12/h5-7,10-11,13-14,17-18,28-30H,8-9H2,1-4H3,(H,34,35)/t10-,11-,13+,14+,17-,18-/m1/s1. The largest absolute Gasteiger partial charge is 0.504 e. The lowest BCUT2D eigenvalue weighted by Crippen LogP contribution is -2.63. The van der Waals surface area contributed by atoms with Crippen LogP contribution in [0, 0.1) is 11.8 Å². The molecule has 0 saturated carbocycles. The van der Waals surface area contributed by atoms with E-state index in [0.717, 1.165) is 6.07 Å². The molecule has 3 aliphatic rings. The molecule has 4 N–H and O–H groups in total. The summed E-state index contributed by atoms with van der Waals surface area (Å²) in [7, 11) is 3.16. The molecular formula is C24H29N3O8S. The van der Waals surface area contributed by atoms with Gasteiger partial charge < -0.3 is 35.1 Å². The Morgan fingerprint density at radius 2 is 1.83 bits per heavy atom. The van der Waals surface area contributed by atoms with Crippen LogP contribution < -0.4 is 0 Å². The van der Waals surface area contributed by atoms with E-state index in [4.69, 9.17) is 0 Å². The van der Waals surface area contributed by atoms with Crippen molar-refractivity contribution in [1.82, 2.24) is 14.7 Å². The zero-order valence-electron chi connectivity index (χ0n) is 20.3. The van der Waals surface area contributed by atoms with Gasteiger partial charge in [0.1, 0.15) is 11.7 Å². The Balaban J connectivity index is 1.62. The molecule has 0 spiro atoms. The highest BCUT2D eigenvalue weighted by molar-refractivity contribution is 8.03. The van der Waals surface area contributed by atoms with E-state index in [2.05, 4.69) is 0 Å². The lowest BCUT2D eigenvalue weighted by Gasteiger charge is -2.46. The number of rotatable bonds is 6. The number of benzene rings is 1. The number of carbonyl (C=O) groups excluding carboxylic acids is 3. The first-order valence-electron chi connectivity index (χ1n) is 11.5. The third kappa shape index (κ3) is 4.07. The van der Waals surface area contributed by atoms with E-state index < -0.39 is 47.6 Å². The fourth-order valence-corrected chi connectivity index (χ4v) is 6.84. The predicted octanol–water partition coefficient (Wildman–Crippen LogP) is 0.656. The fourth-order valence-electron chi connectivity index (χ4n) is 5.32. The summed E-state index contributed by atoms with van der Waals surface area (Å²) in [6, 6.07) is 2.41. The smallest absolute Gasteiger partial charge is 0.353 e. The molecule has 3 heterocycles. The van der Waals surface area contributed by atoms with Gasteiger partial charge in [-0.2, -0.15) is 0 Å². The van der Waals surface area contributed by atoms with Gasteiger partial charge in [0, 0.05) is 42.3 Å². The van der Waals surface area contributed by atoms with E-state index in [1.807, 2.05) is 6.92 Å². The van der Waals surface area contributed by atoms with Crippen molar-refractivity contribution in [3.05, 3.63) is 34.4 Å². The molecule has 0 unspecified atom stereocenters. The molecule has 0 aromatic heterocycles. The molecule has 3 aliphatic heterocycles. The summed E-state index contributed by atoms with van der Waals surface area (Å²) in [6.45, 7) is 3.46. The molecule has 2 fully saturated rings. The van der Waals surface area contributed by atoms with Crippen LogP contribution in [0.5, 0.6) is 11.5 Å². The lowest BCUT2D eigenvalue weighted by atomic mass is 9.79. The fraction of sp³-hybridized carbons (Fsp3) is 0.500. The summed E-state index contributed by atoms with van der Waals surface area (Å²) >= 11 is 1.25. The molecule has 0 radical (unpaired) electrons. The van der Waals surface area contributed by atoms with Crippen LogP contribution in [0.3, 0.4) is 0 Å². The number of aliphatic hydroxyl groups is 1. The minimum Gasteiger partial charge on any atom is -0.504 e. The molecule has 0 bridgehead atoms. The molecule has 194 valence electrons. The average Bonchev–Trinajstić information content (AvgIpc) is 3.32. The van der Waals surface area contributed by atoms with E-state index in [1.165, 1.54) is 45.5 Å². The van der Waals surface area contributed by atoms with Gasteiger partial charge in [-0.15, -0.1) is 11.8 Å². The van der Waals surface area contributed by atoms with E-state index in [9.17, 15) is 39.6 Å². The van der Waals surface area contributed by atoms with Crippen molar-refractivity contribution in [2.24, 2.45) is 11.8 Å². The van der Waals surface area contributed by atoms with Crippen molar-refractivity contribution in [3.8, 4) is 11.5 Å². The number of aliphatic hydroxyl groups excluding tert-OH is 1. The Bertz CT molecular complexity index is 1170. The minimum absolute atomic E-state index is 0.0988. The van der Waals surface area contributed by atoms with Crippen LogP contribution in [-0.4, -0.2) is 103 Å². The monoisotopic (exact) mass is 519 g/mol. The Morgan fingerprint density at radius 3 is 2.39 bits per heavy atom. The molecule has 1 aromatic carbocycles. The maximum absolute atomic E-state index is 13.3. The van der Waals surface area contributed by atoms with Crippen LogP contribution in [-0.2, 0) is 14.4 Å². The summed E-state index contributed by atoms with van der Waals surface area (Å²) in [5.74, 6) is -4.32. The molecule has 1 aromatic rings. The van der Waals surface area contributed by atoms with Gasteiger partial charge >= 0.3 is 5.97 Å². The van der Waals surface area contributed by atoms with E-state index >= 15 is 0 Å². The predicted molar refractivity (Wildman–Crippen MR) is 129 cm³/mol. The molecule has 0 aliphatic carbocycles. The van der Waals surface area contributed by atoms with Crippen molar-refractivity contribution in [2.75, 3.05) is 20.6 Å². The van der Waals surface area contributed by atoms with Gasteiger partial charge in [0.15, 0.2) is 11.5 Å². The lowest BCUT2D eigenvalue weighted by molar-refractivity contribution is -0.163. The van der Waals surface area contributed by atoms with Gasteiger partial charge in [0.05, 0.1) is 18.1 Å². The number of fused-ring (bicyclic) bond motifs is 1. The number of phenolic OH excluding ortho intramolecular Hbond substituents is 2. The number of hydrogen-bond acceptors (Lipinski definition) is 8. The zero-order valence-corrected chi connectivity index (χ0v) is 21.1. The van der Waals surface area contributed by atoms with Gasteiger partial charge in [-0.1, -0.05) is 6.92 Å². The van der Waals surface area contributed by atoms with Crippen molar-refractivity contribution < 1.29 is 39.6 Å². The second-order valence-corrected chi connectivity index (χ2v) is 11.0. The van der Waals surface area contributed by atoms with E-state index in [-0.39, 0.29) is 47.1 Å². The molecule has 3 amide bonds. The second kappa shape index (κ2) is 9.32. The minimum atomic E-state index is -1.24. The second-order valence-electron chi connectivity index (χ2n) is 9.66. The third-order valence-electron chi connectivity index (χ3n) is 7.08. The normalized spacial score (nSPS) is 28.1. The number of aliphatic carboxylic acids is 1. The van der Waals surface area contributed by atoms with Gasteiger partial charge in [0.2, 0.25) is 11.8 Å². The summed E-state index contributed by atoms with van der Waals surface area (Å²) in [6.07, 6.45) is -0.650.